The summed E-state index contributed by atoms with van der Waals surface area (Å²) in [5.74, 6) is -0.466. The van der Waals surface area contributed by atoms with Gasteiger partial charge in [0.05, 0.1) is 13.2 Å². The molecule has 126 valence electrons. The number of carbonyl (C=O) groups excluding carboxylic acids is 1. The van der Waals surface area contributed by atoms with Gasteiger partial charge in [-0.05, 0) is 17.5 Å². The molecule has 1 fully saturated rings. The van der Waals surface area contributed by atoms with Crippen molar-refractivity contribution in [2.75, 3.05) is 19.7 Å². The van der Waals surface area contributed by atoms with Gasteiger partial charge in [-0.25, -0.2) is 4.39 Å². The highest BCUT2D eigenvalue weighted by Gasteiger charge is 2.28. The van der Waals surface area contributed by atoms with Crippen molar-refractivity contribution < 1.29 is 13.9 Å². The fourth-order valence-electron chi connectivity index (χ4n) is 3.20. The van der Waals surface area contributed by atoms with E-state index in [1.807, 2.05) is 30.3 Å². The number of ether oxygens (including phenoxy) is 1. The quantitative estimate of drug-likeness (QED) is 0.718. The molecule has 0 aliphatic carbocycles. The molecule has 0 spiro atoms. The van der Waals surface area contributed by atoms with Crippen LogP contribution in [0.1, 0.15) is 22.2 Å². The van der Waals surface area contributed by atoms with Crippen LogP contribution in [0.15, 0.2) is 60.8 Å². The van der Waals surface area contributed by atoms with Crippen molar-refractivity contribution in [3.05, 3.63) is 77.9 Å². The third-order valence-electron chi connectivity index (χ3n) is 4.48. The zero-order chi connectivity index (χ0) is 17.2. The molecule has 4 nitrogen and oxygen atoms in total. The molecule has 4 rings (SSSR count). The Bertz CT molecular complexity index is 923. The van der Waals surface area contributed by atoms with E-state index in [0.29, 0.717) is 31.0 Å². The second-order valence-corrected chi connectivity index (χ2v) is 6.01. The van der Waals surface area contributed by atoms with Gasteiger partial charge < -0.3 is 9.64 Å². The SMILES string of the molecule is O=C(c1nccc2ccccc12)N1CCOC(c2ccccc2F)C1. The highest BCUT2D eigenvalue weighted by molar-refractivity contribution is 6.05. The number of carbonyl (C=O) groups is 1. The number of nitrogens with zero attached hydrogens (tertiary/aromatic N) is 2. The van der Waals surface area contributed by atoms with Crippen LogP contribution < -0.4 is 0 Å². The zero-order valence-electron chi connectivity index (χ0n) is 13.6. The van der Waals surface area contributed by atoms with E-state index in [1.54, 1.807) is 29.3 Å². The van der Waals surface area contributed by atoms with Crippen LogP contribution in [0.2, 0.25) is 0 Å². The normalized spacial score (nSPS) is 17.6. The summed E-state index contributed by atoms with van der Waals surface area (Å²) >= 11 is 0. The number of rotatable bonds is 2. The Balaban J connectivity index is 1.63. The average Bonchev–Trinajstić information content (AvgIpc) is 2.67. The standard InChI is InChI=1S/C20H17FN2O2/c21-17-8-4-3-7-16(17)18-13-23(11-12-25-18)20(24)19-15-6-2-1-5-14(15)9-10-22-19/h1-10,18H,11-13H2. The molecule has 25 heavy (non-hydrogen) atoms. The van der Waals surface area contributed by atoms with Crippen LogP contribution in [0.5, 0.6) is 0 Å². The second-order valence-electron chi connectivity index (χ2n) is 6.01. The number of halogens is 1. The minimum Gasteiger partial charge on any atom is -0.370 e. The van der Waals surface area contributed by atoms with Gasteiger partial charge in [-0.3, -0.25) is 9.78 Å². The number of hydrogen-bond acceptors (Lipinski definition) is 3. The van der Waals surface area contributed by atoms with Crippen LogP contribution in [0, 0.1) is 5.82 Å². The number of morpholine rings is 1. The van der Waals surface area contributed by atoms with Crippen LogP contribution >= 0.6 is 0 Å². The van der Waals surface area contributed by atoms with E-state index < -0.39 is 6.10 Å². The summed E-state index contributed by atoms with van der Waals surface area (Å²) in [5.41, 5.74) is 0.901. The molecule has 1 aliphatic rings. The molecular formula is C20H17FN2O2. The molecule has 2 aromatic carbocycles. The third kappa shape index (κ3) is 2.98. The minimum absolute atomic E-state index is 0.151. The predicted molar refractivity (Wildman–Crippen MR) is 92.7 cm³/mol. The number of aromatic nitrogens is 1. The van der Waals surface area contributed by atoms with Gasteiger partial charge in [-0.15, -0.1) is 0 Å². The lowest BCUT2D eigenvalue weighted by Gasteiger charge is -2.33. The van der Waals surface area contributed by atoms with Crippen molar-refractivity contribution in [2.24, 2.45) is 0 Å². The summed E-state index contributed by atoms with van der Waals surface area (Å²) in [6, 6.07) is 16.1. The van der Waals surface area contributed by atoms with E-state index in [1.165, 1.54) is 6.07 Å². The molecule has 2 heterocycles. The van der Waals surface area contributed by atoms with Crippen LogP contribution in [0.4, 0.5) is 4.39 Å². The van der Waals surface area contributed by atoms with E-state index in [-0.39, 0.29) is 11.7 Å². The maximum atomic E-state index is 14.0. The fourth-order valence-corrected chi connectivity index (χ4v) is 3.20. The van der Waals surface area contributed by atoms with Gasteiger partial charge in [0.25, 0.3) is 5.91 Å². The van der Waals surface area contributed by atoms with Gasteiger partial charge in [0.15, 0.2) is 0 Å². The summed E-state index contributed by atoms with van der Waals surface area (Å²) < 4.78 is 19.7. The maximum Gasteiger partial charge on any atom is 0.273 e. The van der Waals surface area contributed by atoms with Gasteiger partial charge in [0.2, 0.25) is 0 Å². The topological polar surface area (TPSA) is 42.4 Å². The Hall–Kier alpha value is -2.79. The van der Waals surface area contributed by atoms with E-state index in [2.05, 4.69) is 4.98 Å². The van der Waals surface area contributed by atoms with Crippen molar-refractivity contribution in [2.45, 2.75) is 6.10 Å². The van der Waals surface area contributed by atoms with Gasteiger partial charge in [-0.2, -0.15) is 0 Å². The van der Waals surface area contributed by atoms with Gasteiger partial charge in [0, 0.05) is 23.7 Å². The van der Waals surface area contributed by atoms with E-state index >= 15 is 0 Å². The number of amides is 1. The monoisotopic (exact) mass is 336 g/mol. The molecule has 3 aromatic rings. The summed E-state index contributed by atoms with van der Waals surface area (Å²) in [4.78, 5) is 19.0. The summed E-state index contributed by atoms with van der Waals surface area (Å²) in [7, 11) is 0. The average molecular weight is 336 g/mol. The lowest BCUT2D eigenvalue weighted by molar-refractivity contribution is -0.0244. The smallest absolute Gasteiger partial charge is 0.273 e. The lowest BCUT2D eigenvalue weighted by atomic mass is 10.1. The van der Waals surface area contributed by atoms with Crippen LogP contribution in [-0.4, -0.2) is 35.5 Å². The second kappa shape index (κ2) is 6.61. The van der Waals surface area contributed by atoms with E-state index in [4.69, 9.17) is 4.74 Å². The Labute approximate surface area is 144 Å². The summed E-state index contributed by atoms with van der Waals surface area (Å²) in [5, 5.41) is 1.80. The largest absolute Gasteiger partial charge is 0.370 e. The lowest BCUT2D eigenvalue weighted by Crippen LogP contribution is -2.42. The first-order valence-electron chi connectivity index (χ1n) is 8.23. The number of pyridine rings is 1. The molecule has 1 atom stereocenters. The Morgan fingerprint density at radius 1 is 1.12 bits per heavy atom. The van der Waals surface area contributed by atoms with Gasteiger partial charge >= 0.3 is 0 Å². The fraction of sp³-hybridized carbons (Fsp3) is 0.200. The molecular weight excluding hydrogens is 319 g/mol. The molecule has 1 saturated heterocycles. The molecule has 0 bridgehead atoms. The molecule has 0 N–H and O–H groups in total. The van der Waals surface area contributed by atoms with E-state index in [9.17, 15) is 9.18 Å². The minimum atomic E-state index is -0.464. The Kier molecular flexibility index (Phi) is 4.15. The first kappa shape index (κ1) is 15.7. The molecule has 1 amide bonds. The van der Waals surface area contributed by atoms with E-state index in [0.717, 1.165) is 10.8 Å². The first-order valence-corrected chi connectivity index (χ1v) is 8.23. The maximum absolute atomic E-state index is 14.0. The number of fused-ring (bicyclic) bond motifs is 1. The molecule has 1 aliphatic heterocycles. The van der Waals surface area contributed by atoms with Gasteiger partial charge in [0.1, 0.15) is 17.6 Å². The molecule has 0 radical (unpaired) electrons. The van der Waals surface area contributed by atoms with Crippen molar-refractivity contribution in [1.29, 1.82) is 0 Å². The van der Waals surface area contributed by atoms with Crippen molar-refractivity contribution >= 4 is 16.7 Å². The Morgan fingerprint density at radius 3 is 2.80 bits per heavy atom. The van der Waals surface area contributed by atoms with Crippen molar-refractivity contribution in [1.82, 2.24) is 9.88 Å². The Morgan fingerprint density at radius 2 is 1.92 bits per heavy atom. The molecule has 1 unspecified atom stereocenters. The summed E-state index contributed by atoms with van der Waals surface area (Å²) in [6.45, 7) is 1.15. The van der Waals surface area contributed by atoms with Crippen LogP contribution in [0.25, 0.3) is 10.8 Å². The first-order chi connectivity index (χ1) is 12.2. The zero-order valence-corrected chi connectivity index (χ0v) is 13.6. The van der Waals surface area contributed by atoms with Crippen LogP contribution in [0.3, 0.4) is 0 Å². The molecule has 0 saturated carbocycles. The highest BCUT2D eigenvalue weighted by atomic mass is 19.1. The number of hydrogen-bond donors (Lipinski definition) is 0. The molecule has 5 heteroatoms. The van der Waals surface area contributed by atoms with Crippen molar-refractivity contribution in [3.8, 4) is 0 Å². The highest BCUT2D eigenvalue weighted by Crippen LogP contribution is 2.26. The van der Waals surface area contributed by atoms with Crippen molar-refractivity contribution in [3.63, 3.8) is 0 Å². The van der Waals surface area contributed by atoms with Crippen LogP contribution in [-0.2, 0) is 4.74 Å². The number of benzene rings is 2. The summed E-state index contributed by atoms with van der Waals surface area (Å²) in [6.07, 6.45) is 1.18. The predicted octanol–water partition coefficient (Wildman–Crippen LogP) is 3.59. The third-order valence-corrected chi connectivity index (χ3v) is 4.48. The molecule has 1 aromatic heterocycles. The van der Waals surface area contributed by atoms with Gasteiger partial charge in [-0.1, -0.05) is 42.5 Å².